The van der Waals surface area contributed by atoms with Gasteiger partial charge in [0, 0.05) is 38.1 Å². The van der Waals surface area contributed by atoms with Gasteiger partial charge in [0.25, 0.3) is 11.5 Å². The number of aromatic nitrogens is 4. The fourth-order valence-electron chi connectivity index (χ4n) is 5.09. The standard InChI is InChI=1S/C29H25ClF4N6O6/c1-38-21-13-35-6-5-17(21)26(42)40(28(38)44)23-4-3-15(12-36-23)9-20(27(43)45-2)37-25(41)24-18(30)10-16(11-19(24)31)39-7-8-46-14-22(39)29(32,33)34/h3-6,10-13,20,22H,7-9,14H2,1-2H3,(H,37,41)/t20-,22+/m0/s1. The van der Waals surface area contributed by atoms with E-state index in [1.807, 2.05) is 0 Å². The Bertz CT molecular complexity index is 1910. The van der Waals surface area contributed by atoms with Gasteiger partial charge in [0.05, 0.1) is 48.0 Å². The number of pyridine rings is 2. The Hall–Kier alpha value is -4.83. The number of amides is 1. The summed E-state index contributed by atoms with van der Waals surface area (Å²) in [5, 5.41) is 2.10. The van der Waals surface area contributed by atoms with Crippen LogP contribution in [-0.2, 0) is 27.7 Å². The number of methoxy groups -OCH3 is 1. The van der Waals surface area contributed by atoms with E-state index < -0.39 is 64.4 Å². The summed E-state index contributed by atoms with van der Waals surface area (Å²) in [6, 6.07) is 2.69. The third-order valence-corrected chi connectivity index (χ3v) is 7.73. The minimum absolute atomic E-state index is 0.00584. The predicted molar refractivity (Wildman–Crippen MR) is 157 cm³/mol. The number of halogens is 5. The van der Waals surface area contributed by atoms with Crippen LogP contribution in [0.1, 0.15) is 15.9 Å². The molecule has 242 valence electrons. The Morgan fingerprint density at radius 2 is 1.96 bits per heavy atom. The molecular weight excluding hydrogens is 640 g/mol. The van der Waals surface area contributed by atoms with Crippen LogP contribution in [0.5, 0.6) is 0 Å². The van der Waals surface area contributed by atoms with Gasteiger partial charge >= 0.3 is 17.8 Å². The normalized spacial score (nSPS) is 15.9. The second-order valence-corrected chi connectivity index (χ2v) is 10.7. The highest BCUT2D eigenvalue weighted by atomic mass is 35.5. The van der Waals surface area contributed by atoms with E-state index >= 15 is 4.39 Å². The number of rotatable bonds is 7. The fraction of sp³-hybridized carbons (Fsp3) is 0.310. The van der Waals surface area contributed by atoms with Crippen LogP contribution >= 0.6 is 11.6 Å². The number of morpholine rings is 1. The van der Waals surface area contributed by atoms with Gasteiger partial charge in [-0.25, -0.2) is 23.5 Å². The molecule has 1 amide bonds. The summed E-state index contributed by atoms with van der Waals surface area (Å²) in [6.07, 6.45) is -0.793. The second kappa shape index (κ2) is 12.9. The molecule has 5 rings (SSSR count). The number of hydrogen-bond donors (Lipinski definition) is 1. The van der Waals surface area contributed by atoms with Crippen molar-refractivity contribution in [1.29, 1.82) is 0 Å². The monoisotopic (exact) mass is 664 g/mol. The zero-order valence-corrected chi connectivity index (χ0v) is 24.9. The first-order valence-corrected chi connectivity index (χ1v) is 14.0. The van der Waals surface area contributed by atoms with Gasteiger partial charge in [-0.3, -0.25) is 19.1 Å². The van der Waals surface area contributed by atoms with Gasteiger partial charge in [-0.2, -0.15) is 13.2 Å². The van der Waals surface area contributed by atoms with Gasteiger partial charge in [0.2, 0.25) is 0 Å². The first-order chi connectivity index (χ1) is 21.8. The molecular formula is C29H25ClF4N6O6. The van der Waals surface area contributed by atoms with Crippen LogP contribution in [0.2, 0.25) is 5.02 Å². The number of aryl methyl sites for hydroxylation is 1. The molecule has 1 saturated heterocycles. The minimum atomic E-state index is -4.67. The number of esters is 1. The third-order valence-electron chi connectivity index (χ3n) is 7.43. The molecule has 12 nitrogen and oxygen atoms in total. The fourth-order valence-corrected chi connectivity index (χ4v) is 5.38. The van der Waals surface area contributed by atoms with E-state index in [-0.39, 0.29) is 36.5 Å². The molecule has 46 heavy (non-hydrogen) atoms. The van der Waals surface area contributed by atoms with E-state index in [9.17, 15) is 32.3 Å². The third kappa shape index (κ3) is 6.30. The molecule has 1 aliphatic heterocycles. The van der Waals surface area contributed by atoms with E-state index in [2.05, 4.69) is 15.3 Å². The van der Waals surface area contributed by atoms with E-state index in [1.54, 1.807) is 0 Å². The number of benzene rings is 1. The van der Waals surface area contributed by atoms with Gasteiger partial charge in [-0.1, -0.05) is 17.7 Å². The van der Waals surface area contributed by atoms with Crippen LogP contribution in [0.15, 0.2) is 58.5 Å². The SMILES string of the molecule is COC(=O)[C@H](Cc1ccc(-n2c(=O)c3ccncc3n(C)c2=O)nc1)NC(=O)c1c(F)cc(N2CCOC[C@@H]2C(F)(F)F)cc1Cl. The molecule has 17 heteroatoms. The van der Waals surface area contributed by atoms with Crippen molar-refractivity contribution in [2.45, 2.75) is 24.7 Å². The van der Waals surface area contributed by atoms with E-state index in [1.165, 1.54) is 48.4 Å². The summed E-state index contributed by atoms with van der Waals surface area (Å²) in [4.78, 5) is 60.7. The van der Waals surface area contributed by atoms with Crippen molar-refractivity contribution in [3.63, 3.8) is 0 Å². The van der Waals surface area contributed by atoms with Crippen molar-refractivity contribution in [2.75, 3.05) is 31.8 Å². The number of carbonyl (C=O) groups is 2. The molecule has 4 heterocycles. The summed E-state index contributed by atoms with van der Waals surface area (Å²) in [6.45, 7) is -0.878. The average Bonchev–Trinajstić information content (AvgIpc) is 3.03. The molecule has 1 fully saturated rings. The Labute approximate surface area is 262 Å². The number of nitrogens with one attached hydrogen (secondary N) is 1. The van der Waals surface area contributed by atoms with Gasteiger partial charge in [-0.15, -0.1) is 0 Å². The molecule has 1 N–H and O–H groups in total. The highest BCUT2D eigenvalue weighted by molar-refractivity contribution is 6.34. The van der Waals surface area contributed by atoms with Crippen molar-refractivity contribution in [3.05, 3.63) is 91.7 Å². The molecule has 3 aromatic heterocycles. The lowest BCUT2D eigenvalue weighted by Crippen LogP contribution is -2.53. The maximum absolute atomic E-state index is 15.2. The van der Waals surface area contributed by atoms with Crippen molar-refractivity contribution < 1.29 is 36.6 Å². The molecule has 2 atom stereocenters. The van der Waals surface area contributed by atoms with E-state index in [4.69, 9.17) is 21.1 Å². The minimum Gasteiger partial charge on any atom is -0.467 e. The number of fused-ring (bicyclic) bond motifs is 1. The Morgan fingerprint density at radius 1 is 1.20 bits per heavy atom. The van der Waals surface area contributed by atoms with Crippen molar-refractivity contribution >= 4 is 40.1 Å². The van der Waals surface area contributed by atoms with Crippen LogP contribution in [-0.4, -0.2) is 76.1 Å². The molecule has 0 radical (unpaired) electrons. The first-order valence-electron chi connectivity index (χ1n) is 13.6. The smallest absolute Gasteiger partial charge is 0.411 e. The Morgan fingerprint density at radius 3 is 2.61 bits per heavy atom. The molecule has 0 aliphatic carbocycles. The van der Waals surface area contributed by atoms with Crippen molar-refractivity contribution in [3.8, 4) is 5.82 Å². The predicted octanol–water partition coefficient (Wildman–Crippen LogP) is 2.55. The number of carbonyl (C=O) groups excluding carboxylic acids is 2. The van der Waals surface area contributed by atoms with Crippen LogP contribution in [0, 0.1) is 5.82 Å². The summed E-state index contributed by atoms with van der Waals surface area (Å²) < 4.78 is 67.7. The number of hydrogen-bond acceptors (Lipinski definition) is 9. The molecule has 0 unspecified atom stereocenters. The lowest BCUT2D eigenvalue weighted by molar-refractivity contribution is -0.167. The quantitative estimate of drug-likeness (QED) is 0.233. The Balaban J connectivity index is 1.38. The highest BCUT2D eigenvalue weighted by Crippen LogP contribution is 2.34. The Kier molecular flexibility index (Phi) is 9.12. The zero-order chi connectivity index (χ0) is 33.3. The van der Waals surface area contributed by atoms with Gasteiger partial charge in [-0.05, 0) is 29.8 Å². The summed E-state index contributed by atoms with van der Waals surface area (Å²) >= 11 is 6.19. The molecule has 1 aromatic carbocycles. The van der Waals surface area contributed by atoms with Crippen LogP contribution < -0.4 is 21.5 Å². The lowest BCUT2D eigenvalue weighted by Gasteiger charge is -2.38. The number of nitrogens with zero attached hydrogens (tertiary/aromatic N) is 5. The topological polar surface area (TPSA) is 138 Å². The molecule has 1 aliphatic rings. The van der Waals surface area contributed by atoms with Gasteiger partial charge in [0.15, 0.2) is 0 Å². The number of anilines is 1. The molecule has 4 aromatic rings. The number of ether oxygens (including phenoxy) is 2. The lowest BCUT2D eigenvalue weighted by atomic mass is 10.1. The van der Waals surface area contributed by atoms with E-state index in [0.29, 0.717) is 11.1 Å². The first kappa shape index (κ1) is 32.6. The summed E-state index contributed by atoms with van der Waals surface area (Å²) in [5.74, 6) is -3.24. The van der Waals surface area contributed by atoms with Crippen LogP contribution in [0.25, 0.3) is 16.7 Å². The van der Waals surface area contributed by atoms with Crippen LogP contribution in [0.4, 0.5) is 23.2 Å². The van der Waals surface area contributed by atoms with Crippen molar-refractivity contribution in [1.82, 2.24) is 24.4 Å². The highest BCUT2D eigenvalue weighted by Gasteiger charge is 2.45. The number of alkyl halides is 3. The van der Waals surface area contributed by atoms with Crippen molar-refractivity contribution in [2.24, 2.45) is 7.05 Å². The molecule has 0 bridgehead atoms. The van der Waals surface area contributed by atoms with Gasteiger partial charge < -0.3 is 19.7 Å². The zero-order valence-electron chi connectivity index (χ0n) is 24.2. The summed E-state index contributed by atoms with van der Waals surface area (Å²) in [5.41, 5.74) is -1.48. The van der Waals surface area contributed by atoms with E-state index in [0.717, 1.165) is 28.7 Å². The average molecular weight is 665 g/mol. The summed E-state index contributed by atoms with van der Waals surface area (Å²) in [7, 11) is 2.55. The maximum Gasteiger partial charge on any atom is 0.411 e. The van der Waals surface area contributed by atoms with Gasteiger partial charge in [0.1, 0.15) is 23.7 Å². The molecule has 0 spiro atoms. The largest absolute Gasteiger partial charge is 0.467 e. The maximum atomic E-state index is 15.2. The molecule has 0 saturated carbocycles. The van der Waals surface area contributed by atoms with Crippen LogP contribution in [0.3, 0.4) is 0 Å². The second-order valence-electron chi connectivity index (χ2n) is 10.3.